The molecule has 2 fully saturated rings. The van der Waals surface area contributed by atoms with Crippen molar-refractivity contribution in [3.63, 3.8) is 0 Å². The van der Waals surface area contributed by atoms with Gasteiger partial charge in [0.25, 0.3) is 5.91 Å². The van der Waals surface area contributed by atoms with Crippen LogP contribution in [0.5, 0.6) is 0 Å². The van der Waals surface area contributed by atoms with Crippen molar-refractivity contribution in [2.45, 2.75) is 38.4 Å². The van der Waals surface area contributed by atoms with Crippen LogP contribution in [0, 0.1) is 5.41 Å². The van der Waals surface area contributed by atoms with E-state index in [9.17, 15) is 9.90 Å². The van der Waals surface area contributed by atoms with Gasteiger partial charge in [0.05, 0.1) is 17.7 Å². The van der Waals surface area contributed by atoms with Crippen molar-refractivity contribution in [1.82, 2.24) is 15.1 Å². The predicted molar refractivity (Wildman–Crippen MR) is 89.7 cm³/mol. The average Bonchev–Trinajstić information content (AvgIpc) is 3.05. The number of aliphatic hydroxyl groups is 1. The number of benzene rings is 1. The molecular weight excluding hydrogens is 306 g/mol. The van der Waals surface area contributed by atoms with E-state index < -0.39 is 0 Å². The normalized spacial score (nSPS) is 25.8. The van der Waals surface area contributed by atoms with Gasteiger partial charge in [0, 0.05) is 36.9 Å². The van der Waals surface area contributed by atoms with E-state index in [1.807, 2.05) is 36.1 Å². The molecule has 1 aromatic heterocycles. The molecule has 6 heteroatoms. The summed E-state index contributed by atoms with van der Waals surface area (Å²) in [5.41, 5.74) is 1.19. The van der Waals surface area contributed by atoms with Crippen molar-refractivity contribution < 1.29 is 14.6 Å². The highest BCUT2D eigenvalue weighted by Gasteiger charge is 2.56. The highest BCUT2D eigenvalue weighted by Crippen LogP contribution is 2.51. The highest BCUT2D eigenvalue weighted by molar-refractivity contribution is 6.04. The number of para-hydroxylation sites is 1. The van der Waals surface area contributed by atoms with E-state index in [1.165, 1.54) is 0 Å². The summed E-state index contributed by atoms with van der Waals surface area (Å²) in [5, 5.41) is 18.3. The molecule has 1 saturated heterocycles. The lowest BCUT2D eigenvalue weighted by molar-refractivity contribution is -0.207. The lowest BCUT2D eigenvalue weighted by Crippen LogP contribution is -2.62. The fourth-order valence-corrected chi connectivity index (χ4v) is 4.22. The second-order valence-corrected chi connectivity index (χ2v) is 6.84. The lowest BCUT2D eigenvalue weighted by Gasteiger charge is -2.56. The maximum atomic E-state index is 12.8. The number of aromatic nitrogens is 2. The molecule has 0 radical (unpaired) electrons. The Labute approximate surface area is 140 Å². The third kappa shape index (κ3) is 2.24. The first-order chi connectivity index (χ1) is 11.7. The molecule has 2 aromatic rings. The number of amides is 1. The van der Waals surface area contributed by atoms with Crippen LogP contribution in [-0.4, -0.2) is 58.0 Å². The molecule has 2 atom stereocenters. The van der Waals surface area contributed by atoms with E-state index >= 15 is 0 Å². The number of carbonyl (C=O) groups excluding carboxylic acids is 1. The number of carbonyl (C=O) groups is 1. The number of hydrogen-bond acceptors (Lipinski definition) is 4. The van der Waals surface area contributed by atoms with Crippen molar-refractivity contribution >= 4 is 16.8 Å². The number of hydrogen-bond donors (Lipinski definition) is 2. The number of fused-ring (bicyclic) bond motifs is 1. The molecule has 4 rings (SSSR count). The molecule has 1 aliphatic carbocycles. The fraction of sp³-hybridized carbons (Fsp3) is 0.556. The average molecular weight is 329 g/mol. The molecule has 1 aliphatic heterocycles. The first kappa shape index (κ1) is 15.6. The summed E-state index contributed by atoms with van der Waals surface area (Å²) in [7, 11) is 0. The van der Waals surface area contributed by atoms with Gasteiger partial charge in [0.1, 0.15) is 0 Å². The van der Waals surface area contributed by atoms with E-state index in [4.69, 9.17) is 4.74 Å². The number of likely N-dealkylation sites (tertiary alicyclic amines) is 1. The Hall–Kier alpha value is -1.92. The van der Waals surface area contributed by atoms with Crippen LogP contribution in [0.4, 0.5) is 0 Å². The van der Waals surface area contributed by atoms with Gasteiger partial charge in [0.15, 0.2) is 5.69 Å². The SMILES string of the molecule is CCO[C@H]1C[C@H](O)C12CCN(C(=O)c1n[nH]c3ccccc13)CC2. The smallest absolute Gasteiger partial charge is 0.274 e. The van der Waals surface area contributed by atoms with Crippen molar-refractivity contribution in [3.05, 3.63) is 30.0 Å². The number of aliphatic hydroxyl groups excluding tert-OH is 1. The predicted octanol–water partition coefficient (Wildman–Crippen LogP) is 1.95. The molecular formula is C18H23N3O3. The van der Waals surface area contributed by atoms with E-state index in [1.54, 1.807) is 0 Å². The zero-order valence-corrected chi connectivity index (χ0v) is 13.9. The van der Waals surface area contributed by atoms with Crippen LogP contribution in [0.3, 0.4) is 0 Å². The summed E-state index contributed by atoms with van der Waals surface area (Å²) in [6.07, 6.45) is 2.10. The van der Waals surface area contributed by atoms with E-state index in [0.717, 1.165) is 23.7 Å². The number of ether oxygens (including phenoxy) is 1. The van der Waals surface area contributed by atoms with Gasteiger partial charge in [0.2, 0.25) is 0 Å². The minimum Gasteiger partial charge on any atom is -0.392 e. The Kier molecular flexibility index (Phi) is 3.81. The molecule has 6 nitrogen and oxygen atoms in total. The lowest BCUT2D eigenvalue weighted by atomic mass is 9.58. The maximum Gasteiger partial charge on any atom is 0.274 e. The zero-order chi connectivity index (χ0) is 16.7. The van der Waals surface area contributed by atoms with Crippen LogP contribution in [0.2, 0.25) is 0 Å². The molecule has 1 amide bonds. The molecule has 1 spiro atoms. The molecule has 0 unspecified atom stereocenters. The maximum absolute atomic E-state index is 12.8. The van der Waals surface area contributed by atoms with Crippen LogP contribution in [0.25, 0.3) is 10.9 Å². The van der Waals surface area contributed by atoms with E-state index in [0.29, 0.717) is 31.8 Å². The molecule has 1 saturated carbocycles. The summed E-state index contributed by atoms with van der Waals surface area (Å²) >= 11 is 0. The zero-order valence-electron chi connectivity index (χ0n) is 13.9. The van der Waals surface area contributed by atoms with Crippen molar-refractivity contribution in [1.29, 1.82) is 0 Å². The topological polar surface area (TPSA) is 78.5 Å². The minimum atomic E-state index is -0.308. The minimum absolute atomic E-state index is 0.0379. The number of piperidine rings is 1. The van der Waals surface area contributed by atoms with Gasteiger partial charge in [-0.2, -0.15) is 5.10 Å². The summed E-state index contributed by atoms with van der Waals surface area (Å²) in [6.45, 7) is 3.93. The summed E-state index contributed by atoms with van der Waals surface area (Å²) in [6, 6.07) is 7.67. The van der Waals surface area contributed by atoms with Crippen molar-refractivity contribution in [2.75, 3.05) is 19.7 Å². The standard InChI is InChI=1S/C18H23N3O3/c1-2-24-15-11-14(22)18(15)7-9-21(10-8-18)17(23)16-12-5-3-4-6-13(12)19-20-16/h3-6,14-15,22H,2,7-11H2,1H3,(H,19,20)/t14-,15-/m0/s1. The highest BCUT2D eigenvalue weighted by atomic mass is 16.5. The third-order valence-electron chi connectivity index (χ3n) is 5.76. The van der Waals surface area contributed by atoms with Crippen LogP contribution in [0.1, 0.15) is 36.7 Å². The Morgan fingerprint density at radius 3 is 2.88 bits per heavy atom. The Balaban J connectivity index is 1.49. The Bertz CT molecular complexity index is 747. The van der Waals surface area contributed by atoms with Crippen LogP contribution >= 0.6 is 0 Å². The fourth-order valence-electron chi connectivity index (χ4n) is 4.22. The molecule has 2 N–H and O–H groups in total. The molecule has 0 bridgehead atoms. The molecule has 128 valence electrons. The van der Waals surface area contributed by atoms with Gasteiger partial charge in [-0.25, -0.2) is 0 Å². The van der Waals surface area contributed by atoms with Gasteiger partial charge in [-0.1, -0.05) is 18.2 Å². The monoisotopic (exact) mass is 329 g/mol. The van der Waals surface area contributed by atoms with Gasteiger partial charge in [-0.05, 0) is 25.8 Å². The van der Waals surface area contributed by atoms with Crippen molar-refractivity contribution in [2.24, 2.45) is 5.41 Å². The number of nitrogens with one attached hydrogen (secondary N) is 1. The van der Waals surface area contributed by atoms with Gasteiger partial charge in [-0.3, -0.25) is 9.89 Å². The van der Waals surface area contributed by atoms with Gasteiger partial charge >= 0.3 is 0 Å². The van der Waals surface area contributed by atoms with Crippen LogP contribution < -0.4 is 0 Å². The molecule has 2 heterocycles. The first-order valence-corrected chi connectivity index (χ1v) is 8.68. The third-order valence-corrected chi connectivity index (χ3v) is 5.76. The van der Waals surface area contributed by atoms with Crippen LogP contribution in [-0.2, 0) is 4.74 Å². The largest absolute Gasteiger partial charge is 0.392 e. The summed E-state index contributed by atoms with van der Waals surface area (Å²) < 4.78 is 5.79. The molecule has 1 aromatic carbocycles. The summed E-state index contributed by atoms with van der Waals surface area (Å²) in [4.78, 5) is 14.7. The van der Waals surface area contributed by atoms with Crippen LogP contribution in [0.15, 0.2) is 24.3 Å². The van der Waals surface area contributed by atoms with Gasteiger partial charge < -0.3 is 14.7 Å². The van der Waals surface area contributed by atoms with E-state index in [-0.39, 0.29) is 23.5 Å². The summed E-state index contributed by atoms with van der Waals surface area (Å²) in [5.74, 6) is -0.0379. The number of H-pyrrole nitrogens is 1. The second kappa shape index (κ2) is 5.86. The van der Waals surface area contributed by atoms with E-state index in [2.05, 4.69) is 10.2 Å². The number of rotatable bonds is 3. The molecule has 2 aliphatic rings. The quantitative estimate of drug-likeness (QED) is 0.902. The van der Waals surface area contributed by atoms with Crippen molar-refractivity contribution in [3.8, 4) is 0 Å². The Morgan fingerprint density at radius 2 is 2.17 bits per heavy atom. The van der Waals surface area contributed by atoms with Gasteiger partial charge in [-0.15, -0.1) is 0 Å². The Morgan fingerprint density at radius 1 is 1.42 bits per heavy atom. The number of nitrogens with zero attached hydrogens (tertiary/aromatic N) is 2. The second-order valence-electron chi connectivity index (χ2n) is 6.84. The number of aromatic amines is 1. The molecule has 24 heavy (non-hydrogen) atoms. The first-order valence-electron chi connectivity index (χ1n) is 8.68.